The maximum absolute atomic E-state index is 12.3. The first-order chi connectivity index (χ1) is 8.45. The van der Waals surface area contributed by atoms with Crippen LogP contribution in [0.2, 0.25) is 0 Å². The minimum absolute atomic E-state index is 0.0963. The maximum Gasteiger partial charge on any atom is 0.179 e. The van der Waals surface area contributed by atoms with Crippen molar-refractivity contribution < 1.29 is 4.79 Å². The summed E-state index contributed by atoms with van der Waals surface area (Å²) < 4.78 is 0. The number of hydrogen-bond donors (Lipinski definition) is 1. The molecule has 1 rings (SSSR count). The van der Waals surface area contributed by atoms with Gasteiger partial charge >= 0.3 is 0 Å². The molecule has 0 heterocycles. The number of carbonyl (C=O) groups is 1. The molecular formula is C16H25NO. The molecule has 1 N–H and O–H groups in total. The number of rotatable bonds is 6. The van der Waals surface area contributed by atoms with Gasteiger partial charge in [-0.3, -0.25) is 4.79 Å². The molecule has 1 aromatic carbocycles. The Labute approximate surface area is 111 Å². The van der Waals surface area contributed by atoms with E-state index in [1.807, 2.05) is 19.2 Å². The largest absolute Gasteiger partial charge is 0.310 e. The van der Waals surface area contributed by atoms with Crippen LogP contribution < -0.4 is 5.32 Å². The number of Topliss-reactive ketones (excluding diaryl/α,β-unsaturated/α-hetero) is 1. The van der Waals surface area contributed by atoms with Crippen molar-refractivity contribution in [3.8, 4) is 0 Å². The van der Waals surface area contributed by atoms with Crippen LogP contribution in [0, 0.1) is 11.8 Å². The summed E-state index contributed by atoms with van der Waals surface area (Å²) in [5, 5.41) is 3.10. The monoisotopic (exact) mass is 247 g/mol. The van der Waals surface area contributed by atoms with E-state index < -0.39 is 0 Å². The summed E-state index contributed by atoms with van der Waals surface area (Å²) in [5.41, 5.74) is 2.10. The minimum atomic E-state index is -0.0963. The van der Waals surface area contributed by atoms with E-state index >= 15 is 0 Å². The molecule has 0 aromatic heterocycles. The van der Waals surface area contributed by atoms with E-state index in [0.717, 1.165) is 12.0 Å². The SMILES string of the molecule is CNC(C(=O)c1ccc(CC(C)C)cc1)C(C)C. The fourth-order valence-corrected chi connectivity index (χ4v) is 2.22. The van der Waals surface area contributed by atoms with Gasteiger partial charge in [-0.05, 0) is 30.9 Å². The topological polar surface area (TPSA) is 29.1 Å². The Kier molecular flexibility index (Phi) is 5.54. The number of carbonyl (C=O) groups excluding carboxylic acids is 1. The van der Waals surface area contributed by atoms with Crippen LogP contribution in [0.15, 0.2) is 24.3 Å². The summed E-state index contributed by atoms with van der Waals surface area (Å²) in [4.78, 5) is 12.3. The quantitative estimate of drug-likeness (QED) is 0.781. The van der Waals surface area contributed by atoms with Crippen LogP contribution in [0.5, 0.6) is 0 Å². The lowest BCUT2D eigenvalue weighted by Gasteiger charge is -2.19. The summed E-state index contributed by atoms with van der Waals surface area (Å²) in [5.74, 6) is 1.13. The highest BCUT2D eigenvalue weighted by atomic mass is 16.1. The smallest absolute Gasteiger partial charge is 0.179 e. The van der Waals surface area contributed by atoms with Crippen LogP contribution in [-0.2, 0) is 6.42 Å². The average Bonchev–Trinajstić information content (AvgIpc) is 2.29. The predicted octanol–water partition coefficient (Wildman–Crippen LogP) is 3.31. The molecule has 2 heteroatoms. The van der Waals surface area contributed by atoms with E-state index in [2.05, 4.69) is 45.1 Å². The number of ketones is 1. The first-order valence-corrected chi connectivity index (χ1v) is 6.76. The molecule has 0 aliphatic carbocycles. The van der Waals surface area contributed by atoms with Gasteiger partial charge in [0.2, 0.25) is 0 Å². The molecule has 1 atom stereocenters. The van der Waals surface area contributed by atoms with Gasteiger partial charge in [-0.2, -0.15) is 0 Å². The molecule has 0 radical (unpaired) electrons. The van der Waals surface area contributed by atoms with Gasteiger partial charge in [0.25, 0.3) is 0 Å². The van der Waals surface area contributed by atoms with E-state index in [1.54, 1.807) is 0 Å². The third-order valence-corrected chi connectivity index (χ3v) is 3.14. The molecule has 0 aliphatic heterocycles. The number of benzene rings is 1. The highest BCUT2D eigenvalue weighted by Crippen LogP contribution is 2.13. The predicted molar refractivity (Wildman–Crippen MR) is 77.0 cm³/mol. The molecular weight excluding hydrogens is 222 g/mol. The number of likely N-dealkylation sites (N-methyl/N-ethyl adjacent to an activating group) is 1. The zero-order valence-corrected chi connectivity index (χ0v) is 12.2. The van der Waals surface area contributed by atoms with E-state index in [9.17, 15) is 4.79 Å². The molecule has 1 aromatic rings. The fourth-order valence-electron chi connectivity index (χ4n) is 2.22. The van der Waals surface area contributed by atoms with Crippen molar-refractivity contribution in [2.75, 3.05) is 7.05 Å². The molecule has 0 saturated carbocycles. The lowest BCUT2D eigenvalue weighted by Crippen LogP contribution is -2.38. The van der Waals surface area contributed by atoms with E-state index in [0.29, 0.717) is 11.8 Å². The van der Waals surface area contributed by atoms with Gasteiger partial charge in [-0.15, -0.1) is 0 Å². The minimum Gasteiger partial charge on any atom is -0.310 e. The Morgan fingerprint density at radius 2 is 1.67 bits per heavy atom. The van der Waals surface area contributed by atoms with E-state index in [4.69, 9.17) is 0 Å². The van der Waals surface area contributed by atoms with Crippen LogP contribution in [0.1, 0.15) is 43.6 Å². The highest BCUT2D eigenvalue weighted by molar-refractivity contribution is 6.00. The van der Waals surface area contributed by atoms with Gasteiger partial charge in [0.05, 0.1) is 6.04 Å². The van der Waals surface area contributed by atoms with Crippen LogP contribution in [0.3, 0.4) is 0 Å². The Morgan fingerprint density at radius 1 is 1.11 bits per heavy atom. The fraction of sp³-hybridized carbons (Fsp3) is 0.562. The summed E-state index contributed by atoms with van der Waals surface area (Å²) in [6.07, 6.45) is 1.06. The molecule has 2 nitrogen and oxygen atoms in total. The van der Waals surface area contributed by atoms with Gasteiger partial charge in [0.15, 0.2) is 5.78 Å². The Morgan fingerprint density at radius 3 is 2.06 bits per heavy atom. The molecule has 0 spiro atoms. The summed E-state index contributed by atoms with van der Waals surface area (Å²) >= 11 is 0. The second-order valence-electron chi connectivity index (χ2n) is 5.67. The van der Waals surface area contributed by atoms with Crippen molar-refractivity contribution in [3.63, 3.8) is 0 Å². The van der Waals surface area contributed by atoms with Gasteiger partial charge < -0.3 is 5.32 Å². The van der Waals surface area contributed by atoms with E-state index in [-0.39, 0.29) is 11.8 Å². The van der Waals surface area contributed by atoms with Crippen molar-refractivity contribution in [1.82, 2.24) is 5.32 Å². The van der Waals surface area contributed by atoms with Crippen molar-refractivity contribution >= 4 is 5.78 Å². The third-order valence-electron chi connectivity index (χ3n) is 3.14. The number of nitrogens with one attached hydrogen (secondary N) is 1. The second-order valence-corrected chi connectivity index (χ2v) is 5.67. The van der Waals surface area contributed by atoms with Gasteiger partial charge in [0, 0.05) is 5.56 Å². The molecule has 0 aliphatic rings. The van der Waals surface area contributed by atoms with Gasteiger partial charge in [-0.25, -0.2) is 0 Å². The normalized spacial score (nSPS) is 13.1. The first-order valence-electron chi connectivity index (χ1n) is 6.76. The van der Waals surface area contributed by atoms with Crippen molar-refractivity contribution in [3.05, 3.63) is 35.4 Å². The molecule has 0 amide bonds. The Balaban J connectivity index is 2.81. The molecule has 0 bridgehead atoms. The Bertz CT molecular complexity index is 379. The Hall–Kier alpha value is -1.15. The summed E-state index contributed by atoms with van der Waals surface area (Å²) in [6.45, 7) is 8.53. The lowest BCUT2D eigenvalue weighted by atomic mass is 9.94. The third kappa shape index (κ3) is 3.95. The van der Waals surface area contributed by atoms with Gasteiger partial charge in [0.1, 0.15) is 0 Å². The molecule has 1 unspecified atom stereocenters. The summed E-state index contributed by atoms with van der Waals surface area (Å²) in [7, 11) is 1.84. The molecule has 100 valence electrons. The zero-order chi connectivity index (χ0) is 13.7. The van der Waals surface area contributed by atoms with E-state index in [1.165, 1.54) is 5.56 Å². The second kappa shape index (κ2) is 6.69. The van der Waals surface area contributed by atoms with Gasteiger partial charge in [-0.1, -0.05) is 52.0 Å². The van der Waals surface area contributed by atoms with Crippen molar-refractivity contribution in [2.45, 2.75) is 40.2 Å². The van der Waals surface area contributed by atoms with Crippen LogP contribution in [0.4, 0.5) is 0 Å². The molecule has 18 heavy (non-hydrogen) atoms. The summed E-state index contributed by atoms with van der Waals surface area (Å²) in [6, 6.07) is 7.95. The van der Waals surface area contributed by atoms with Crippen LogP contribution >= 0.6 is 0 Å². The highest BCUT2D eigenvalue weighted by Gasteiger charge is 2.21. The van der Waals surface area contributed by atoms with Crippen LogP contribution in [-0.4, -0.2) is 18.9 Å². The zero-order valence-electron chi connectivity index (χ0n) is 12.2. The molecule has 0 saturated heterocycles. The molecule has 0 fully saturated rings. The lowest BCUT2D eigenvalue weighted by molar-refractivity contribution is 0.0922. The van der Waals surface area contributed by atoms with Crippen LogP contribution in [0.25, 0.3) is 0 Å². The maximum atomic E-state index is 12.3. The van der Waals surface area contributed by atoms with Crippen molar-refractivity contribution in [2.24, 2.45) is 11.8 Å². The average molecular weight is 247 g/mol. The number of hydrogen-bond acceptors (Lipinski definition) is 2. The standard InChI is InChI=1S/C16H25NO/c1-11(2)10-13-6-8-14(9-7-13)16(18)15(17-5)12(3)4/h6-9,11-12,15,17H,10H2,1-5H3. The van der Waals surface area contributed by atoms with Crippen molar-refractivity contribution in [1.29, 1.82) is 0 Å². The first kappa shape index (κ1) is 14.9.